The number of ether oxygens (including phenoxy) is 3. The average molecular weight is 1520 g/mol. The third-order valence-electron chi connectivity index (χ3n) is 19.4. The molecule has 6 saturated carbocycles. The van der Waals surface area contributed by atoms with Crippen LogP contribution in [-0.2, 0) is 72.0 Å². The van der Waals surface area contributed by atoms with Crippen LogP contribution in [-0.4, -0.2) is 149 Å². The lowest BCUT2D eigenvalue weighted by atomic mass is 9.68. The molecule has 0 aromatic rings. The Morgan fingerprint density at radius 2 is 0.686 bits per heavy atom. The van der Waals surface area contributed by atoms with Crippen LogP contribution in [0.3, 0.4) is 0 Å². The van der Waals surface area contributed by atoms with Crippen molar-refractivity contribution in [2.75, 3.05) is 18.4 Å². The van der Waals surface area contributed by atoms with E-state index >= 15 is 0 Å². The van der Waals surface area contributed by atoms with Gasteiger partial charge in [-0.15, -0.1) is 0 Å². The van der Waals surface area contributed by atoms with E-state index < -0.39 is 52.1 Å². The molecule has 27 heteroatoms. The quantitative estimate of drug-likeness (QED) is 0.0113. The molecule has 14 N–H and O–H groups in total. The van der Waals surface area contributed by atoms with Crippen molar-refractivity contribution in [2.45, 2.75) is 323 Å². The molecule has 6 fully saturated rings. The molecule has 6 aliphatic carbocycles. The maximum atomic E-state index is 11.8. The van der Waals surface area contributed by atoms with Gasteiger partial charge in [-0.05, 0) is 250 Å². The summed E-state index contributed by atoms with van der Waals surface area (Å²) in [6.07, 6.45) is 21.6. The largest absolute Gasteiger partial charge is 0.481 e. The number of esters is 3. The zero-order chi connectivity index (χ0) is 77.6. The number of halogens is 1. The Bertz CT molecular complexity index is 2580. The van der Waals surface area contributed by atoms with Crippen molar-refractivity contribution in [2.24, 2.45) is 44.3 Å². The Labute approximate surface area is 614 Å². The standard InChI is InChI=1S/C16H26O4.C15H27NO4.C15H24O5.C11H19BrN2O3.C10H17NO2.C7H10O.CH4.H2O3/c1-12-5-8-16(9-6-12,11-13(17)18)10-7-14(19)20-15(2,3)4;2*1-14(2,3)20-13(19)6-9-15(10-12(17)18)7-4-11(16)5-8-15;12-6-9(15)14-8-1-3-11(7-13,4-2-8)5-10(16)17;1-8-2-4-10(7-11,5-3-8)6-9(12)13;1-6-2-4-7(8)5-3-6;;1-3-2/h1,5-11H2,2-4H3,(H,17,18);11H,4-10,16H2,1-3H3,(H,17,18);4-10H2,1-3H3,(H,17,18);8H,1-7,13H2,(H,14,15)(H,16,17);1-7,11H2,(H,12,13);1-5H2;1H4;1-2H. The smallest absolute Gasteiger partial charge is 0.306 e. The van der Waals surface area contributed by atoms with Crippen molar-refractivity contribution in [1.82, 2.24) is 5.32 Å². The van der Waals surface area contributed by atoms with Gasteiger partial charge < -0.3 is 62.3 Å². The Morgan fingerprint density at radius 1 is 0.441 bits per heavy atom. The van der Waals surface area contributed by atoms with Crippen LogP contribution in [0.4, 0.5) is 0 Å². The number of carboxylic acids is 5. The predicted molar refractivity (Wildman–Crippen MR) is 392 cm³/mol. The molecule has 1 amide bonds. The highest BCUT2D eigenvalue weighted by Gasteiger charge is 2.41. The summed E-state index contributed by atoms with van der Waals surface area (Å²) in [4.78, 5) is 123. The van der Waals surface area contributed by atoms with Crippen molar-refractivity contribution in [3.63, 3.8) is 0 Å². The molecule has 0 aromatic heterocycles. The number of allylic oxidation sites excluding steroid dienone is 3. The number of carboxylic acid groups (broad SMARTS) is 5. The first-order valence-corrected chi connectivity index (χ1v) is 36.5. The van der Waals surface area contributed by atoms with E-state index in [1.54, 1.807) is 20.8 Å². The van der Waals surface area contributed by atoms with Crippen molar-refractivity contribution < 1.29 is 108 Å². The summed E-state index contributed by atoms with van der Waals surface area (Å²) >= 11 is 3.10. The third-order valence-corrected chi connectivity index (χ3v) is 19.9. The molecule has 0 bridgehead atoms. The van der Waals surface area contributed by atoms with E-state index in [4.69, 9.17) is 67.5 Å². The number of carbonyl (C=O) groups is 11. The molecule has 0 aromatic carbocycles. The van der Waals surface area contributed by atoms with E-state index in [9.17, 15) is 52.7 Å². The molecule has 0 saturated heterocycles. The molecular weight excluding hydrogens is 1390 g/mol. The minimum atomic E-state index is -0.872. The summed E-state index contributed by atoms with van der Waals surface area (Å²) in [7, 11) is 0. The minimum Gasteiger partial charge on any atom is -0.481 e. The van der Waals surface area contributed by atoms with Crippen LogP contribution in [0.15, 0.2) is 36.5 Å². The second-order valence-electron chi connectivity index (χ2n) is 31.7. The molecule has 26 nitrogen and oxygen atoms in total. The number of nitrogens with two attached hydrogens (primary N) is 3. The molecule has 588 valence electrons. The Hall–Kier alpha value is -5.97. The fraction of sp³-hybridized carbons (Fsp3) is 0.773. The van der Waals surface area contributed by atoms with Gasteiger partial charge in [0.15, 0.2) is 0 Å². The first kappa shape index (κ1) is 98.1. The number of nitrogens with one attached hydrogen (secondary N) is 1. The average Bonchev–Trinajstić information content (AvgIpc) is 0.679. The van der Waals surface area contributed by atoms with Gasteiger partial charge in [0.25, 0.3) is 0 Å². The number of hydrogen-bond donors (Lipinski definition) is 11. The van der Waals surface area contributed by atoms with Crippen LogP contribution in [0.2, 0.25) is 0 Å². The van der Waals surface area contributed by atoms with Crippen LogP contribution in [0.1, 0.15) is 294 Å². The van der Waals surface area contributed by atoms with E-state index in [0.717, 1.165) is 128 Å². The lowest BCUT2D eigenvalue weighted by Crippen LogP contribution is -2.44. The summed E-state index contributed by atoms with van der Waals surface area (Å²) in [6.45, 7) is 29.0. The zero-order valence-corrected chi connectivity index (χ0v) is 63.6. The normalized spacial score (nSPS) is 22.0. The molecule has 102 heavy (non-hydrogen) atoms. The van der Waals surface area contributed by atoms with E-state index in [1.807, 2.05) is 41.5 Å². The van der Waals surface area contributed by atoms with Crippen molar-refractivity contribution >= 4 is 81.2 Å². The van der Waals surface area contributed by atoms with Crippen LogP contribution in [0, 0.1) is 27.1 Å². The summed E-state index contributed by atoms with van der Waals surface area (Å²) in [6, 6.07) is 0.326. The Kier molecular flexibility index (Phi) is 45.7. The first-order valence-electron chi connectivity index (χ1n) is 35.4. The van der Waals surface area contributed by atoms with E-state index in [-0.39, 0.29) is 122 Å². The number of ketones is 2. The van der Waals surface area contributed by atoms with Crippen LogP contribution in [0.5, 0.6) is 0 Å². The number of hydrogen-bond acceptors (Lipinski definition) is 20. The number of amides is 1. The molecule has 0 aliphatic heterocycles. The topological polar surface area (TPSA) is 456 Å². The highest BCUT2D eigenvalue weighted by molar-refractivity contribution is 9.09. The van der Waals surface area contributed by atoms with Crippen molar-refractivity contribution in [3.8, 4) is 0 Å². The molecular formula is C75H129BrN4O22. The second kappa shape index (κ2) is 47.5. The van der Waals surface area contributed by atoms with E-state index in [2.05, 4.69) is 46.0 Å². The number of carbonyl (C=O) groups excluding carboxylic acids is 6. The molecule has 0 heterocycles. The predicted octanol–water partition coefficient (Wildman–Crippen LogP) is 13.5. The second-order valence-corrected chi connectivity index (χ2v) is 32.3. The lowest BCUT2D eigenvalue weighted by molar-refractivity contribution is -0.465. The minimum absolute atomic E-state index is 0. The van der Waals surface area contributed by atoms with Gasteiger partial charge in [-0.1, -0.05) is 64.9 Å². The van der Waals surface area contributed by atoms with Crippen molar-refractivity contribution in [1.29, 1.82) is 0 Å². The van der Waals surface area contributed by atoms with Crippen molar-refractivity contribution in [3.05, 3.63) is 36.5 Å². The summed E-state index contributed by atoms with van der Waals surface area (Å²) < 4.78 is 15.8. The third kappa shape index (κ3) is 45.3. The Balaban J connectivity index is 0. The van der Waals surface area contributed by atoms with Gasteiger partial charge in [0, 0.05) is 57.0 Å². The highest BCUT2D eigenvalue weighted by Crippen LogP contribution is 2.47. The van der Waals surface area contributed by atoms with Crippen LogP contribution in [0.25, 0.3) is 0 Å². The summed E-state index contributed by atoms with van der Waals surface area (Å²) in [5, 5.41) is 63.6. The monoisotopic (exact) mass is 1520 g/mol. The Morgan fingerprint density at radius 3 is 0.961 bits per heavy atom. The number of Topliss-reactive ketones (excluding diaryl/α,β-unsaturated/α-hetero) is 2. The zero-order valence-electron chi connectivity index (χ0n) is 62.0. The SMILES string of the molecule is C.C=C1CCC(=O)CC1.C=C1CCC(CCC(=O)OC(C)(C)C)(CC(=O)O)CC1.C=C1CCC(CN)(CC(=O)O)CC1.CC(C)(C)OC(=O)CCC1(CC(=O)O)CCC(=O)CC1.CC(C)(C)OC(=O)CCC1(CC(=O)O)CCC(N)CC1.NCC1(CC(=O)O)CCC(NC(=O)CBr)CC1.OOO. The molecule has 0 radical (unpaired) electrons. The fourth-order valence-electron chi connectivity index (χ4n) is 13.4. The molecule has 6 aliphatic rings. The van der Waals surface area contributed by atoms with Crippen LogP contribution >= 0.6 is 15.9 Å². The number of rotatable bonds is 23. The maximum Gasteiger partial charge on any atom is 0.306 e. The molecule has 0 unspecified atom stereocenters. The van der Waals surface area contributed by atoms with E-state index in [0.29, 0.717) is 69.1 Å². The summed E-state index contributed by atoms with van der Waals surface area (Å²) in [5.41, 5.74) is 17.9. The van der Waals surface area contributed by atoms with Crippen LogP contribution < -0.4 is 22.5 Å². The van der Waals surface area contributed by atoms with Gasteiger partial charge >= 0.3 is 47.8 Å². The van der Waals surface area contributed by atoms with Gasteiger partial charge in [0.05, 0.1) is 37.4 Å². The maximum absolute atomic E-state index is 11.8. The van der Waals surface area contributed by atoms with Gasteiger partial charge in [0.2, 0.25) is 5.91 Å². The van der Waals surface area contributed by atoms with E-state index in [1.165, 1.54) is 16.7 Å². The van der Waals surface area contributed by atoms with Gasteiger partial charge in [-0.3, -0.25) is 52.7 Å². The van der Waals surface area contributed by atoms with Gasteiger partial charge in [0.1, 0.15) is 28.4 Å². The van der Waals surface area contributed by atoms with Gasteiger partial charge in [-0.25, -0.2) is 10.5 Å². The van der Waals surface area contributed by atoms with Gasteiger partial charge in [-0.2, -0.15) is 0 Å². The number of aliphatic carboxylic acids is 5. The molecule has 6 rings (SSSR count). The summed E-state index contributed by atoms with van der Waals surface area (Å²) in [5.74, 6) is -4.23. The molecule has 0 spiro atoms. The highest BCUT2D eigenvalue weighted by atomic mass is 79.9. The number of alkyl halides is 1. The first-order chi connectivity index (χ1) is 46.6. The molecule has 0 atom stereocenters. The fourth-order valence-corrected chi connectivity index (χ4v) is 13.6. The lowest BCUT2D eigenvalue weighted by Gasteiger charge is -2.38.